The van der Waals surface area contributed by atoms with Crippen LogP contribution in [-0.4, -0.2) is 5.43 Å². The van der Waals surface area contributed by atoms with Gasteiger partial charge in [-0.25, -0.2) is 4.79 Å². The first-order valence-corrected chi connectivity index (χ1v) is 6.06. The number of halogens is 1. The van der Waals surface area contributed by atoms with E-state index in [1.165, 1.54) is 0 Å². The summed E-state index contributed by atoms with van der Waals surface area (Å²) in [6.45, 7) is 0. The lowest BCUT2D eigenvalue weighted by atomic mass is 10.0. The molecular weight excluding hydrogens is 264 g/mol. The Morgan fingerprint density at radius 2 is 1.79 bits per heavy atom. The second kappa shape index (κ2) is 4.78. The molecule has 1 heterocycles. The first kappa shape index (κ1) is 11.8. The molecule has 0 spiro atoms. The van der Waals surface area contributed by atoms with Crippen LogP contribution < -0.4 is 4.74 Å². The zero-order valence-electron chi connectivity index (χ0n) is 9.80. The summed E-state index contributed by atoms with van der Waals surface area (Å²) in [7, 11) is 0. The fraction of sp³-hybridized carbons (Fsp3) is 0. The molecule has 0 fully saturated rings. The molecule has 3 nitrogen and oxygen atoms in total. The number of furan rings is 1. The van der Waals surface area contributed by atoms with Crippen molar-refractivity contribution in [1.82, 2.24) is 0 Å². The van der Waals surface area contributed by atoms with Crippen LogP contribution in [0, 0.1) is 0 Å². The van der Waals surface area contributed by atoms with E-state index in [-0.39, 0.29) is 5.95 Å². The van der Waals surface area contributed by atoms with Gasteiger partial charge >= 0.3 is 5.43 Å². The van der Waals surface area contributed by atoms with E-state index in [9.17, 15) is 4.79 Å². The quantitative estimate of drug-likeness (QED) is 0.627. The third-order valence-corrected chi connectivity index (χ3v) is 2.86. The number of benzene rings is 2. The Morgan fingerprint density at radius 1 is 1.00 bits per heavy atom. The van der Waals surface area contributed by atoms with Gasteiger partial charge in [0.2, 0.25) is 0 Å². The van der Waals surface area contributed by atoms with Crippen LogP contribution in [0.1, 0.15) is 0 Å². The molecule has 3 aromatic rings. The molecule has 1 aromatic heterocycles. The van der Waals surface area contributed by atoms with Gasteiger partial charge in [-0.1, -0.05) is 42.5 Å². The van der Waals surface area contributed by atoms with Gasteiger partial charge in [-0.15, -0.1) is 0 Å². The van der Waals surface area contributed by atoms with Crippen molar-refractivity contribution in [3.63, 3.8) is 0 Å². The summed E-state index contributed by atoms with van der Waals surface area (Å²) in [5.41, 5.74) is 1.86. The number of carbonyl (C=O) groups is 1. The number of ether oxygens (including phenoxy) is 1. The Bertz CT molecular complexity index is 731. The van der Waals surface area contributed by atoms with Crippen LogP contribution in [0.4, 0.5) is 4.79 Å². The summed E-state index contributed by atoms with van der Waals surface area (Å²) >= 11 is 5.15. The molecule has 4 heteroatoms. The molecule has 94 valence electrons. The maximum atomic E-state index is 10.7. The third-order valence-electron chi connectivity index (χ3n) is 2.79. The topological polar surface area (TPSA) is 39.4 Å². The lowest BCUT2D eigenvalue weighted by molar-refractivity contribution is 0.214. The molecule has 19 heavy (non-hydrogen) atoms. The fourth-order valence-corrected chi connectivity index (χ4v) is 2.02. The molecular formula is C15H9ClO3. The van der Waals surface area contributed by atoms with E-state index in [4.69, 9.17) is 20.8 Å². The molecule has 0 saturated heterocycles. The maximum Gasteiger partial charge on any atom is 0.411 e. The number of fused-ring (bicyclic) bond motifs is 1. The summed E-state index contributed by atoms with van der Waals surface area (Å²) in [5, 5.41) is 0.854. The number of hydrogen-bond donors (Lipinski definition) is 0. The SMILES string of the molecule is O=C(Cl)Oc1cc2ccc(-c3ccccc3)cc2o1. The first-order valence-electron chi connectivity index (χ1n) is 5.69. The number of carbonyl (C=O) groups excluding carboxylic acids is 1. The highest BCUT2D eigenvalue weighted by Gasteiger charge is 2.09. The molecule has 0 atom stereocenters. The number of hydrogen-bond acceptors (Lipinski definition) is 3. The zero-order valence-corrected chi connectivity index (χ0v) is 10.6. The van der Waals surface area contributed by atoms with Crippen molar-refractivity contribution in [3.8, 4) is 17.1 Å². The lowest BCUT2D eigenvalue weighted by Crippen LogP contribution is -1.93. The summed E-state index contributed by atoms with van der Waals surface area (Å²) in [6, 6.07) is 17.4. The van der Waals surface area contributed by atoms with Crippen molar-refractivity contribution in [2.24, 2.45) is 0 Å². The minimum absolute atomic E-state index is 0.0974. The molecule has 0 aliphatic heterocycles. The van der Waals surface area contributed by atoms with Gasteiger partial charge in [0.1, 0.15) is 5.58 Å². The second-order valence-corrected chi connectivity index (χ2v) is 4.33. The summed E-state index contributed by atoms with van der Waals surface area (Å²) in [6.07, 6.45) is 0. The Morgan fingerprint density at radius 3 is 2.53 bits per heavy atom. The fourth-order valence-electron chi connectivity index (χ4n) is 1.95. The first-order chi connectivity index (χ1) is 9.22. The van der Waals surface area contributed by atoms with Gasteiger partial charge in [-0.05, 0) is 17.2 Å². The predicted molar refractivity (Wildman–Crippen MR) is 73.5 cm³/mol. The Hall–Kier alpha value is -2.26. The van der Waals surface area contributed by atoms with Crippen LogP contribution >= 0.6 is 11.6 Å². The van der Waals surface area contributed by atoms with Crippen LogP contribution in [0.2, 0.25) is 0 Å². The minimum atomic E-state index is -0.915. The van der Waals surface area contributed by atoms with Gasteiger partial charge < -0.3 is 9.15 Å². The van der Waals surface area contributed by atoms with E-state index < -0.39 is 5.43 Å². The number of rotatable bonds is 2. The van der Waals surface area contributed by atoms with Crippen LogP contribution in [0.5, 0.6) is 5.95 Å². The summed E-state index contributed by atoms with van der Waals surface area (Å²) < 4.78 is 10.1. The van der Waals surface area contributed by atoms with E-state index in [1.54, 1.807) is 6.07 Å². The van der Waals surface area contributed by atoms with E-state index >= 15 is 0 Å². The van der Waals surface area contributed by atoms with Crippen molar-refractivity contribution in [2.75, 3.05) is 0 Å². The van der Waals surface area contributed by atoms with Gasteiger partial charge in [0.25, 0.3) is 5.95 Å². The molecule has 0 amide bonds. The smallest absolute Gasteiger partial charge is 0.411 e. The Balaban J connectivity index is 2.03. The minimum Gasteiger partial charge on any atom is -0.425 e. The maximum absolute atomic E-state index is 10.7. The van der Waals surface area contributed by atoms with Gasteiger partial charge in [-0.2, -0.15) is 0 Å². The molecule has 0 bridgehead atoms. The standard InChI is InChI=1S/C15H9ClO3/c16-15(17)19-14-9-12-7-6-11(8-13(12)18-14)10-4-2-1-3-5-10/h1-9H. The monoisotopic (exact) mass is 272 g/mol. The van der Waals surface area contributed by atoms with E-state index in [2.05, 4.69) is 0 Å². The summed E-state index contributed by atoms with van der Waals surface area (Å²) in [4.78, 5) is 10.7. The summed E-state index contributed by atoms with van der Waals surface area (Å²) in [5.74, 6) is 0.0974. The highest BCUT2D eigenvalue weighted by Crippen LogP contribution is 2.29. The van der Waals surface area contributed by atoms with Gasteiger partial charge in [0.15, 0.2) is 0 Å². The molecule has 3 rings (SSSR count). The van der Waals surface area contributed by atoms with Crippen molar-refractivity contribution in [2.45, 2.75) is 0 Å². The van der Waals surface area contributed by atoms with Crippen molar-refractivity contribution in [3.05, 3.63) is 54.6 Å². The van der Waals surface area contributed by atoms with Crippen LogP contribution in [0.25, 0.3) is 22.1 Å². The average Bonchev–Trinajstić information content (AvgIpc) is 2.79. The highest BCUT2D eigenvalue weighted by atomic mass is 35.5. The normalized spacial score (nSPS) is 10.6. The van der Waals surface area contributed by atoms with Gasteiger partial charge in [0.05, 0.1) is 0 Å². The van der Waals surface area contributed by atoms with Crippen molar-refractivity contribution < 1.29 is 13.9 Å². The Kier molecular flexibility index (Phi) is 2.97. The second-order valence-electron chi connectivity index (χ2n) is 4.02. The predicted octanol–water partition coefficient (Wildman–Crippen LogP) is 4.84. The van der Waals surface area contributed by atoms with Crippen LogP contribution in [-0.2, 0) is 0 Å². The van der Waals surface area contributed by atoms with Crippen molar-refractivity contribution in [1.29, 1.82) is 0 Å². The lowest BCUT2D eigenvalue weighted by Gasteiger charge is -2.00. The van der Waals surface area contributed by atoms with E-state index in [0.29, 0.717) is 5.58 Å². The largest absolute Gasteiger partial charge is 0.425 e. The molecule has 0 unspecified atom stereocenters. The van der Waals surface area contributed by atoms with E-state index in [0.717, 1.165) is 16.5 Å². The van der Waals surface area contributed by atoms with E-state index in [1.807, 2.05) is 48.5 Å². The zero-order chi connectivity index (χ0) is 13.2. The molecule has 0 radical (unpaired) electrons. The molecule has 0 saturated carbocycles. The van der Waals surface area contributed by atoms with Gasteiger partial charge in [0, 0.05) is 23.1 Å². The molecule has 0 aliphatic carbocycles. The molecule has 2 aromatic carbocycles. The Labute approximate surface area is 114 Å². The third kappa shape index (κ3) is 2.46. The highest BCUT2D eigenvalue weighted by molar-refractivity contribution is 6.61. The van der Waals surface area contributed by atoms with Gasteiger partial charge in [-0.3, -0.25) is 0 Å². The average molecular weight is 273 g/mol. The van der Waals surface area contributed by atoms with Crippen molar-refractivity contribution >= 4 is 28.0 Å². The van der Waals surface area contributed by atoms with Crippen LogP contribution in [0.15, 0.2) is 59.0 Å². The molecule has 0 aliphatic rings. The van der Waals surface area contributed by atoms with Crippen LogP contribution in [0.3, 0.4) is 0 Å². The molecule has 0 N–H and O–H groups in total.